The molecule has 1 aromatic carbocycles. The predicted molar refractivity (Wildman–Crippen MR) is 72.6 cm³/mol. The van der Waals surface area contributed by atoms with E-state index in [1.54, 1.807) is 0 Å². The first-order valence-electron chi connectivity index (χ1n) is 5.54. The Morgan fingerprint density at radius 1 is 1.50 bits per heavy atom. The molecule has 0 saturated heterocycles. The van der Waals surface area contributed by atoms with Crippen LogP contribution in [-0.4, -0.2) is 21.6 Å². The standard InChI is InChI=1S/C12H16ClNO3S/c1-3-7-14-18(15,16)10-5-6-11(13)12(9-10)17-8-4-2/h3,5-6,9,14H,1,4,7-8H2,2H3. The number of ether oxygens (including phenoxy) is 1. The Morgan fingerprint density at radius 3 is 2.83 bits per heavy atom. The van der Waals surface area contributed by atoms with Crippen LogP contribution in [0.15, 0.2) is 35.7 Å². The molecule has 6 heteroatoms. The van der Waals surface area contributed by atoms with Crippen molar-refractivity contribution in [2.45, 2.75) is 18.2 Å². The average molecular weight is 290 g/mol. The summed E-state index contributed by atoms with van der Waals surface area (Å²) in [7, 11) is -3.55. The summed E-state index contributed by atoms with van der Waals surface area (Å²) in [4.78, 5) is 0.125. The van der Waals surface area contributed by atoms with E-state index in [0.29, 0.717) is 17.4 Å². The third kappa shape index (κ3) is 4.01. The first-order valence-corrected chi connectivity index (χ1v) is 7.40. The van der Waals surface area contributed by atoms with Crippen molar-refractivity contribution in [2.24, 2.45) is 0 Å². The maximum Gasteiger partial charge on any atom is 0.240 e. The SMILES string of the molecule is C=CCNS(=O)(=O)c1ccc(Cl)c(OCCC)c1. The highest BCUT2D eigenvalue weighted by Crippen LogP contribution is 2.27. The Hall–Kier alpha value is -1.04. The number of halogens is 1. The van der Waals surface area contributed by atoms with Crippen molar-refractivity contribution >= 4 is 21.6 Å². The monoisotopic (exact) mass is 289 g/mol. The Labute approximate surface area is 113 Å². The first-order chi connectivity index (χ1) is 8.51. The number of sulfonamides is 1. The average Bonchev–Trinajstić information content (AvgIpc) is 2.35. The summed E-state index contributed by atoms with van der Waals surface area (Å²) < 4.78 is 31.5. The summed E-state index contributed by atoms with van der Waals surface area (Å²) in [5, 5.41) is 0.395. The minimum absolute atomic E-state index is 0.125. The fourth-order valence-electron chi connectivity index (χ4n) is 1.23. The van der Waals surface area contributed by atoms with Crippen LogP contribution >= 0.6 is 11.6 Å². The molecule has 0 heterocycles. The quantitative estimate of drug-likeness (QED) is 0.785. The van der Waals surface area contributed by atoms with Crippen molar-refractivity contribution in [1.29, 1.82) is 0 Å². The molecule has 0 bridgehead atoms. The molecule has 4 nitrogen and oxygen atoms in total. The lowest BCUT2D eigenvalue weighted by Crippen LogP contribution is -2.23. The molecule has 0 aliphatic rings. The van der Waals surface area contributed by atoms with Crippen LogP contribution in [0, 0.1) is 0 Å². The van der Waals surface area contributed by atoms with Crippen molar-refractivity contribution in [1.82, 2.24) is 4.72 Å². The Bertz CT molecular complexity index is 514. The molecule has 0 aliphatic carbocycles. The zero-order valence-corrected chi connectivity index (χ0v) is 11.7. The zero-order chi connectivity index (χ0) is 13.6. The summed E-state index contributed by atoms with van der Waals surface area (Å²) in [6, 6.07) is 4.37. The highest BCUT2D eigenvalue weighted by Gasteiger charge is 2.15. The lowest BCUT2D eigenvalue weighted by molar-refractivity contribution is 0.317. The third-order valence-corrected chi connectivity index (χ3v) is 3.83. The van der Waals surface area contributed by atoms with Gasteiger partial charge in [0.2, 0.25) is 10.0 Å². The van der Waals surface area contributed by atoms with Gasteiger partial charge in [-0.1, -0.05) is 24.6 Å². The van der Waals surface area contributed by atoms with E-state index in [9.17, 15) is 8.42 Å². The zero-order valence-electron chi connectivity index (χ0n) is 10.1. The molecule has 0 saturated carbocycles. The minimum Gasteiger partial charge on any atom is -0.492 e. The normalized spacial score (nSPS) is 11.2. The van der Waals surface area contributed by atoms with E-state index in [0.717, 1.165) is 6.42 Å². The number of hydrogen-bond donors (Lipinski definition) is 1. The van der Waals surface area contributed by atoms with E-state index in [4.69, 9.17) is 16.3 Å². The second kappa shape index (κ2) is 6.78. The van der Waals surface area contributed by atoms with Crippen molar-refractivity contribution in [2.75, 3.05) is 13.2 Å². The molecule has 0 fully saturated rings. The van der Waals surface area contributed by atoms with Gasteiger partial charge in [-0.15, -0.1) is 6.58 Å². The van der Waals surface area contributed by atoms with Crippen LogP contribution in [0.5, 0.6) is 5.75 Å². The van der Waals surface area contributed by atoms with Gasteiger partial charge in [-0.3, -0.25) is 0 Å². The van der Waals surface area contributed by atoms with E-state index in [-0.39, 0.29) is 11.4 Å². The van der Waals surface area contributed by atoms with Gasteiger partial charge < -0.3 is 4.74 Å². The van der Waals surface area contributed by atoms with Crippen LogP contribution < -0.4 is 9.46 Å². The van der Waals surface area contributed by atoms with Gasteiger partial charge in [0, 0.05) is 12.6 Å². The summed E-state index contributed by atoms with van der Waals surface area (Å²) >= 11 is 5.93. The van der Waals surface area contributed by atoms with Gasteiger partial charge in [-0.05, 0) is 18.6 Å². The highest BCUT2D eigenvalue weighted by atomic mass is 35.5. The summed E-state index contributed by atoms with van der Waals surface area (Å²) in [5.74, 6) is 0.375. The maximum absolute atomic E-state index is 11.9. The number of rotatable bonds is 7. The number of hydrogen-bond acceptors (Lipinski definition) is 3. The van der Waals surface area contributed by atoms with Crippen molar-refractivity contribution in [3.63, 3.8) is 0 Å². The molecule has 0 radical (unpaired) electrons. The fourth-order valence-corrected chi connectivity index (χ4v) is 2.41. The summed E-state index contributed by atoms with van der Waals surface area (Å²) in [5.41, 5.74) is 0. The Balaban J connectivity index is 3.00. The molecule has 0 unspecified atom stereocenters. The van der Waals surface area contributed by atoms with E-state index < -0.39 is 10.0 Å². The van der Waals surface area contributed by atoms with Gasteiger partial charge in [-0.2, -0.15) is 0 Å². The van der Waals surface area contributed by atoms with Crippen molar-refractivity contribution < 1.29 is 13.2 Å². The van der Waals surface area contributed by atoms with Crippen LogP contribution in [0.1, 0.15) is 13.3 Å². The van der Waals surface area contributed by atoms with Gasteiger partial charge in [0.15, 0.2) is 0 Å². The lowest BCUT2D eigenvalue weighted by atomic mass is 10.3. The van der Waals surface area contributed by atoms with Crippen molar-refractivity contribution in [3.05, 3.63) is 35.9 Å². The molecule has 0 atom stereocenters. The van der Waals surface area contributed by atoms with Gasteiger partial charge in [-0.25, -0.2) is 13.1 Å². The van der Waals surface area contributed by atoms with Crippen LogP contribution in [0.3, 0.4) is 0 Å². The van der Waals surface area contributed by atoms with E-state index in [1.807, 2.05) is 6.92 Å². The van der Waals surface area contributed by atoms with E-state index in [2.05, 4.69) is 11.3 Å². The minimum atomic E-state index is -3.55. The maximum atomic E-state index is 11.9. The summed E-state index contributed by atoms with van der Waals surface area (Å²) in [6.45, 7) is 6.08. The van der Waals surface area contributed by atoms with Gasteiger partial charge in [0.25, 0.3) is 0 Å². The second-order valence-corrected chi connectivity index (χ2v) is 5.76. The molecule has 0 aliphatic heterocycles. The van der Waals surface area contributed by atoms with Gasteiger partial charge in [0.05, 0.1) is 16.5 Å². The Kier molecular flexibility index (Phi) is 5.65. The van der Waals surface area contributed by atoms with Crippen LogP contribution in [0.2, 0.25) is 5.02 Å². The second-order valence-electron chi connectivity index (χ2n) is 3.58. The summed E-state index contributed by atoms with van der Waals surface area (Å²) in [6.07, 6.45) is 2.30. The molecular formula is C12H16ClNO3S. The van der Waals surface area contributed by atoms with Crippen LogP contribution in [0.4, 0.5) is 0 Å². The molecule has 18 heavy (non-hydrogen) atoms. The first kappa shape index (κ1) is 15.0. The van der Waals surface area contributed by atoms with Gasteiger partial charge >= 0.3 is 0 Å². The molecule has 0 spiro atoms. The highest BCUT2D eigenvalue weighted by molar-refractivity contribution is 7.89. The largest absolute Gasteiger partial charge is 0.492 e. The third-order valence-electron chi connectivity index (χ3n) is 2.09. The topological polar surface area (TPSA) is 55.4 Å². The lowest BCUT2D eigenvalue weighted by Gasteiger charge is -2.10. The molecule has 1 rings (SSSR count). The van der Waals surface area contributed by atoms with Crippen molar-refractivity contribution in [3.8, 4) is 5.75 Å². The number of nitrogens with one attached hydrogen (secondary N) is 1. The molecule has 0 amide bonds. The predicted octanol–water partition coefficient (Wildman–Crippen LogP) is 2.59. The molecule has 0 aromatic heterocycles. The molecule has 1 aromatic rings. The molecular weight excluding hydrogens is 274 g/mol. The molecule has 1 N–H and O–H groups in total. The van der Waals surface area contributed by atoms with Crippen LogP contribution in [-0.2, 0) is 10.0 Å². The number of benzene rings is 1. The van der Waals surface area contributed by atoms with E-state index >= 15 is 0 Å². The fraction of sp³-hybridized carbons (Fsp3) is 0.333. The smallest absolute Gasteiger partial charge is 0.240 e. The van der Waals surface area contributed by atoms with Gasteiger partial charge in [0.1, 0.15) is 5.75 Å². The Morgan fingerprint density at radius 2 is 2.22 bits per heavy atom. The van der Waals surface area contributed by atoms with Crippen LogP contribution in [0.25, 0.3) is 0 Å². The van der Waals surface area contributed by atoms with E-state index in [1.165, 1.54) is 24.3 Å². The molecule has 100 valence electrons.